The maximum absolute atomic E-state index is 14.2. The molecule has 2 aliphatic rings. The van der Waals surface area contributed by atoms with Gasteiger partial charge in [-0.15, -0.1) is 0 Å². The molecule has 0 saturated carbocycles. The van der Waals surface area contributed by atoms with Crippen molar-refractivity contribution in [2.45, 2.75) is 89.1 Å². The number of halogens is 4. The molecule has 21 nitrogen and oxygen atoms in total. The van der Waals surface area contributed by atoms with E-state index in [1.165, 1.54) is 84.9 Å². The lowest BCUT2D eigenvalue weighted by atomic mass is 9.96. The average Bonchev–Trinajstić information content (AvgIpc) is 3.60. The number of carbonyl (C=O) groups excluding carboxylic acids is 6. The van der Waals surface area contributed by atoms with Crippen LogP contribution < -0.4 is 21.3 Å². The van der Waals surface area contributed by atoms with E-state index in [1.807, 2.05) is 39.8 Å². The van der Waals surface area contributed by atoms with E-state index in [9.17, 15) is 39.0 Å². The van der Waals surface area contributed by atoms with Crippen LogP contribution in [-0.4, -0.2) is 121 Å². The molecule has 0 aliphatic carbocycles. The number of nitrogens with one attached hydrogen (secondary N) is 4. The number of amides is 4. The topological polar surface area (TPSA) is 274 Å². The Morgan fingerprint density at radius 3 is 1.27 bits per heavy atom. The summed E-state index contributed by atoms with van der Waals surface area (Å²) in [6.07, 6.45) is -24.7. The quantitative estimate of drug-likeness (QED) is 0.0388. The van der Waals surface area contributed by atoms with Crippen molar-refractivity contribution < 1.29 is 81.6 Å². The van der Waals surface area contributed by atoms with Crippen LogP contribution in [0.4, 0.5) is 41.9 Å². The Balaban J connectivity index is 1.21. The number of aliphatic hydroxyl groups is 2. The van der Waals surface area contributed by atoms with Crippen molar-refractivity contribution in [3.05, 3.63) is 187 Å². The first-order valence-corrected chi connectivity index (χ1v) is 26.9. The Bertz CT molecular complexity index is 3250. The molecule has 6 aromatic carbocycles. The predicted octanol–water partition coefficient (Wildman–Crippen LogP) is 11.2. The number of esters is 2. The van der Waals surface area contributed by atoms with Gasteiger partial charge < -0.3 is 52.8 Å². The number of hydrogen-bond acceptors (Lipinski definition) is 17. The molecule has 0 unspecified atom stereocenters. The normalized spacial score (nSPS) is 22.0. The summed E-state index contributed by atoms with van der Waals surface area (Å²) < 4.78 is 54.2. The number of ether oxygens (including phenoxy) is 9. The number of hydrogen-bond donors (Lipinski definition) is 6. The van der Waals surface area contributed by atoms with Crippen LogP contribution in [0, 0.1) is 27.7 Å². The van der Waals surface area contributed by atoms with Crippen molar-refractivity contribution in [2.24, 2.45) is 0 Å². The third-order valence-corrected chi connectivity index (χ3v) is 13.3. The van der Waals surface area contributed by atoms with Crippen LogP contribution in [0.5, 0.6) is 0 Å². The highest BCUT2D eigenvalue weighted by molar-refractivity contribution is 6.35. The van der Waals surface area contributed by atoms with E-state index in [0.717, 1.165) is 22.3 Å². The third-order valence-electron chi connectivity index (χ3n) is 12.4. The minimum Gasteiger partial charge on any atom is -0.449 e. The van der Waals surface area contributed by atoms with E-state index in [4.69, 9.17) is 89.0 Å². The van der Waals surface area contributed by atoms with E-state index in [0.29, 0.717) is 11.4 Å². The smallest absolute Gasteiger partial charge is 0.412 e. The van der Waals surface area contributed by atoms with Crippen LogP contribution in [-0.2, 0) is 42.6 Å². The number of carbonyl (C=O) groups is 6. The summed E-state index contributed by atoms with van der Waals surface area (Å²) in [6, 6.07) is 33.5. The fourth-order valence-corrected chi connectivity index (χ4v) is 10.1. The summed E-state index contributed by atoms with van der Waals surface area (Å²) in [6.45, 7) is 5.59. The molecule has 2 saturated heterocycles. The van der Waals surface area contributed by atoms with Gasteiger partial charge in [0.1, 0.15) is 37.6 Å². The largest absolute Gasteiger partial charge is 0.449 e. The third kappa shape index (κ3) is 17.2. The number of rotatable bonds is 16. The van der Waals surface area contributed by atoms with Gasteiger partial charge in [0.25, 0.3) is 0 Å². The van der Waals surface area contributed by atoms with E-state index in [-0.39, 0.29) is 42.6 Å². The molecule has 0 aromatic heterocycles. The average molecular weight is 1220 g/mol. The molecule has 6 N–H and O–H groups in total. The second kappa shape index (κ2) is 28.0. The number of benzene rings is 6. The van der Waals surface area contributed by atoms with Crippen molar-refractivity contribution in [3.8, 4) is 0 Å². The van der Waals surface area contributed by atoms with Crippen molar-refractivity contribution in [1.29, 1.82) is 0 Å². The number of aryl methyl sites for hydroxylation is 4. The van der Waals surface area contributed by atoms with Crippen LogP contribution in [0.1, 0.15) is 43.0 Å². The first kappa shape index (κ1) is 61.4. The standard InChI is InChI=1S/C58H54Cl4N4O17/c1-29-15-30(2)18-39(17-29)63-55(71)75-27-43-45(67)47(82-57(73)65-41-23-35(59)21-36(60)24-41)50(80-52(69)34-13-9-6-10-14-34)54(78-43)81-46-44(28-76-56(72)64-40-19-31(3)16-32(4)20-40)77-53(70)49(79-51(68)33-11-7-5-8-12-33)48(46)83-58(74)66-42-25-37(61)22-38(62)26-42/h5-26,43-50,53-54,67,70H,27-28H2,1-4H3,(H,63,71)(H,64,72)(H,65,73)(H,66,74)/t43-,44-,45-,46-,47+,48+,49-,50-,53+,54-/m1/s1. The van der Waals surface area contributed by atoms with Gasteiger partial charge >= 0.3 is 36.3 Å². The maximum atomic E-state index is 14.2. The zero-order valence-electron chi connectivity index (χ0n) is 44.4. The van der Waals surface area contributed by atoms with Gasteiger partial charge in [-0.25, -0.2) is 28.8 Å². The fraction of sp³-hybridized carbons (Fsp3) is 0.276. The molecule has 2 heterocycles. The highest BCUT2D eigenvalue weighted by atomic mass is 35.5. The molecule has 6 aromatic rings. The highest BCUT2D eigenvalue weighted by Gasteiger charge is 2.57. The molecular formula is C58H54Cl4N4O17. The molecule has 25 heteroatoms. The van der Waals surface area contributed by atoms with Gasteiger partial charge in [-0.3, -0.25) is 21.3 Å². The molecule has 0 bridgehead atoms. The van der Waals surface area contributed by atoms with Crippen LogP contribution in [0.3, 0.4) is 0 Å². The van der Waals surface area contributed by atoms with Gasteiger partial charge in [-0.1, -0.05) is 94.9 Å². The summed E-state index contributed by atoms with van der Waals surface area (Å²) in [7, 11) is 0. The SMILES string of the molecule is Cc1cc(C)cc(NC(=O)OC[C@H]2O[C@H](O[C@H]3[C@H](OC(=O)Nc4cc(Cl)cc(Cl)c4)[C@@H](OC(=O)c4ccccc4)[C@@H](O)O[C@@H]3COC(=O)Nc3cc(C)cc(C)c3)[C@H](OC(=O)c3ccccc3)[C@@H](OC(=O)Nc3cc(Cl)cc(Cl)c3)[C@@H]2O)c1. The second-order valence-electron chi connectivity index (χ2n) is 19.2. The molecule has 4 amide bonds. The van der Waals surface area contributed by atoms with E-state index in [2.05, 4.69) is 21.3 Å². The van der Waals surface area contributed by atoms with Gasteiger partial charge in [0.15, 0.2) is 37.0 Å². The lowest BCUT2D eigenvalue weighted by molar-refractivity contribution is -0.352. The van der Waals surface area contributed by atoms with Crippen molar-refractivity contribution in [3.63, 3.8) is 0 Å². The van der Waals surface area contributed by atoms with E-state index >= 15 is 0 Å². The summed E-state index contributed by atoms with van der Waals surface area (Å²) >= 11 is 25.0. The zero-order chi connectivity index (χ0) is 59.5. The molecule has 0 spiro atoms. The maximum Gasteiger partial charge on any atom is 0.412 e. The van der Waals surface area contributed by atoms with Gasteiger partial charge in [-0.2, -0.15) is 0 Å². The first-order valence-electron chi connectivity index (χ1n) is 25.4. The van der Waals surface area contributed by atoms with Crippen molar-refractivity contribution >= 4 is 105 Å². The zero-order valence-corrected chi connectivity index (χ0v) is 47.4. The minimum absolute atomic E-state index is 0.0126. The molecule has 2 aliphatic heterocycles. The van der Waals surface area contributed by atoms with E-state index < -0.39 is 111 Å². The van der Waals surface area contributed by atoms with Gasteiger partial charge in [-0.05, 0) is 135 Å². The molecule has 2 fully saturated rings. The molecule has 0 radical (unpaired) electrons. The Morgan fingerprint density at radius 1 is 0.434 bits per heavy atom. The Morgan fingerprint density at radius 2 is 0.819 bits per heavy atom. The monoisotopic (exact) mass is 1220 g/mol. The molecule has 8 rings (SSSR count). The highest BCUT2D eigenvalue weighted by Crippen LogP contribution is 2.36. The fourth-order valence-electron chi connectivity index (χ4n) is 9.05. The van der Waals surface area contributed by atoms with Crippen LogP contribution in [0.25, 0.3) is 0 Å². The molecule has 436 valence electrons. The summed E-state index contributed by atoms with van der Waals surface area (Å²) in [5.74, 6) is -2.14. The van der Waals surface area contributed by atoms with Crippen LogP contribution in [0.15, 0.2) is 133 Å². The predicted molar refractivity (Wildman–Crippen MR) is 304 cm³/mol. The summed E-state index contributed by atoms with van der Waals surface area (Å²) in [5, 5.41) is 34.8. The van der Waals surface area contributed by atoms with Crippen molar-refractivity contribution in [2.75, 3.05) is 34.5 Å². The van der Waals surface area contributed by atoms with Crippen molar-refractivity contribution in [1.82, 2.24) is 0 Å². The lowest BCUT2D eigenvalue weighted by Crippen LogP contribution is -2.67. The van der Waals surface area contributed by atoms with Gasteiger partial charge in [0.2, 0.25) is 0 Å². The van der Waals surface area contributed by atoms with Crippen LogP contribution in [0.2, 0.25) is 20.1 Å². The van der Waals surface area contributed by atoms with Gasteiger partial charge in [0, 0.05) is 42.8 Å². The molecule has 10 atom stereocenters. The Hall–Kier alpha value is -7.70. The van der Waals surface area contributed by atoms with E-state index in [1.54, 1.807) is 36.4 Å². The Labute approximate surface area is 495 Å². The summed E-state index contributed by atoms with van der Waals surface area (Å²) in [4.78, 5) is 83.5. The Kier molecular flexibility index (Phi) is 20.7. The second-order valence-corrected chi connectivity index (χ2v) is 20.9. The minimum atomic E-state index is -2.20. The first-order chi connectivity index (χ1) is 39.6. The summed E-state index contributed by atoms with van der Waals surface area (Å²) in [5.41, 5.74) is 3.91. The van der Waals surface area contributed by atoms with Gasteiger partial charge in [0.05, 0.1) is 11.1 Å². The van der Waals surface area contributed by atoms with Crippen LogP contribution >= 0.6 is 46.4 Å². The number of anilines is 4. The molecular weight excluding hydrogens is 1170 g/mol. The molecule has 83 heavy (non-hydrogen) atoms. The number of aliphatic hydroxyl groups excluding tert-OH is 2. The lowest BCUT2D eigenvalue weighted by Gasteiger charge is -2.47.